The first kappa shape index (κ1) is 25.3. The molecule has 0 amide bonds. The van der Waals surface area contributed by atoms with Crippen molar-refractivity contribution in [2.45, 2.75) is 58.3 Å². The third kappa shape index (κ3) is 6.17. The smallest absolute Gasteiger partial charge is 0.353 e. The van der Waals surface area contributed by atoms with E-state index in [0.717, 1.165) is 11.1 Å². The molecule has 0 saturated heterocycles. The molecule has 180 valence electrons. The molecule has 0 fully saturated rings. The molecule has 5 heteroatoms. The van der Waals surface area contributed by atoms with Crippen LogP contribution in [0, 0.1) is 0 Å². The highest BCUT2D eigenvalue weighted by Gasteiger charge is 2.45. The van der Waals surface area contributed by atoms with Gasteiger partial charge in [0, 0.05) is 0 Å². The second-order valence-corrected chi connectivity index (χ2v) is 9.45. The first-order chi connectivity index (χ1) is 16.1. The summed E-state index contributed by atoms with van der Waals surface area (Å²) in [5, 5.41) is 11.2. The monoisotopic (exact) mass is 462 g/mol. The Morgan fingerprint density at radius 2 is 1.44 bits per heavy atom. The van der Waals surface area contributed by atoms with Crippen LogP contribution in [-0.2, 0) is 21.6 Å². The predicted octanol–water partition coefficient (Wildman–Crippen LogP) is 6.00. The highest BCUT2D eigenvalue weighted by atomic mass is 16.6. The lowest BCUT2D eigenvalue weighted by Crippen LogP contribution is -2.48. The molecule has 5 nitrogen and oxygen atoms in total. The minimum absolute atomic E-state index is 0.00713. The fraction of sp³-hybridized carbons (Fsp3) is 0.345. The van der Waals surface area contributed by atoms with Crippen LogP contribution < -0.4 is 9.47 Å². The van der Waals surface area contributed by atoms with E-state index < -0.39 is 17.7 Å². The summed E-state index contributed by atoms with van der Waals surface area (Å²) in [7, 11) is 0. The minimum atomic E-state index is -1.63. The van der Waals surface area contributed by atoms with Gasteiger partial charge >= 0.3 is 5.97 Å². The molecular formula is C29H34O5. The lowest BCUT2D eigenvalue weighted by atomic mass is 9.87. The molecule has 0 aliphatic heterocycles. The minimum Gasteiger partial charge on any atom is -0.489 e. The predicted molar refractivity (Wildman–Crippen MR) is 133 cm³/mol. The highest BCUT2D eigenvalue weighted by molar-refractivity contribution is 5.80. The van der Waals surface area contributed by atoms with E-state index in [4.69, 9.17) is 14.2 Å². The fourth-order valence-corrected chi connectivity index (χ4v) is 3.56. The van der Waals surface area contributed by atoms with Gasteiger partial charge in [-0.25, -0.2) is 4.79 Å². The highest BCUT2D eigenvalue weighted by Crippen LogP contribution is 2.34. The molecule has 0 aromatic heterocycles. The van der Waals surface area contributed by atoms with Crippen molar-refractivity contribution in [2.24, 2.45) is 0 Å². The largest absolute Gasteiger partial charge is 0.489 e. The van der Waals surface area contributed by atoms with Crippen LogP contribution in [0.2, 0.25) is 0 Å². The Labute approximate surface area is 202 Å². The molecule has 0 saturated carbocycles. The number of carbonyl (C=O) groups excluding carboxylic acids is 1. The number of rotatable bonds is 9. The lowest BCUT2D eigenvalue weighted by Gasteiger charge is -2.33. The molecule has 0 aliphatic rings. The van der Waals surface area contributed by atoms with Crippen molar-refractivity contribution in [3.63, 3.8) is 0 Å². The Morgan fingerprint density at radius 1 is 0.853 bits per heavy atom. The summed E-state index contributed by atoms with van der Waals surface area (Å²) in [5.74, 6) is 0.508. The van der Waals surface area contributed by atoms with Crippen molar-refractivity contribution >= 4 is 5.97 Å². The number of benzene rings is 3. The molecule has 34 heavy (non-hydrogen) atoms. The Kier molecular flexibility index (Phi) is 8.00. The van der Waals surface area contributed by atoms with Crippen molar-refractivity contribution in [3.8, 4) is 11.5 Å². The van der Waals surface area contributed by atoms with Crippen molar-refractivity contribution in [1.82, 2.24) is 0 Å². The first-order valence-electron chi connectivity index (χ1n) is 11.5. The van der Waals surface area contributed by atoms with Gasteiger partial charge in [-0.1, -0.05) is 75.4 Å². The zero-order chi connectivity index (χ0) is 24.8. The zero-order valence-corrected chi connectivity index (χ0v) is 20.6. The van der Waals surface area contributed by atoms with Crippen molar-refractivity contribution < 1.29 is 24.1 Å². The van der Waals surface area contributed by atoms with E-state index >= 15 is 0 Å². The van der Waals surface area contributed by atoms with E-state index in [2.05, 4.69) is 20.8 Å². The molecule has 0 spiro atoms. The summed E-state index contributed by atoms with van der Waals surface area (Å²) in [6.45, 7) is 10.3. The topological polar surface area (TPSA) is 65.0 Å². The van der Waals surface area contributed by atoms with Gasteiger partial charge in [0.05, 0.1) is 6.61 Å². The number of hydrogen-bond donors (Lipinski definition) is 1. The third-order valence-corrected chi connectivity index (χ3v) is 5.70. The van der Waals surface area contributed by atoms with Crippen LogP contribution in [0.25, 0.3) is 0 Å². The Hall–Kier alpha value is -3.31. The summed E-state index contributed by atoms with van der Waals surface area (Å²) >= 11 is 0. The second kappa shape index (κ2) is 10.7. The Balaban J connectivity index is 1.78. The van der Waals surface area contributed by atoms with Gasteiger partial charge in [-0.2, -0.15) is 0 Å². The molecule has 0 bridgehead atoms. The summed E-state index contributed by atoms with van der Waals surface area (Å²) in [6, 6.07) is 24.4. The average Bonchev–Trinajstić information content (AvgIpc) is 2.83. The molecule has 0 aliphatic carbocycles. The standard InChI is InChI=1S/C29H34O5/c1-6-32-27(31)29(5,34-25-18-14-23(15-19-25)28(2,3)4)26(30)22-12-16-24(17-13-22)33-20-21-10-8-7-9-11-21/h7-19,26,30H,6,20H2,1-5H3. The number of aliphatic hydroxyl groups excluding tert-OH is 1. The molecule has 0 radical (unpaired) electrons. The molecule has 1 N–H and O–H groups in total. The van der Waals surface area contributed by atoms with Crippen molar-refractivity contribution in [2.75, 3.05) is 6.61 Å². The zero-order valence-electron chi connectivity index (χ0n) is 20.6. The number of esters is 1. The van der Waals surface area contributed by atoms with E-state index in [1.54, 1.807) is 38.1 Å². The van der Waals surface area contributed by atoms with Crippen LogP contribution in [0.4, 0.5) is 0 Å². The summed E-state index contributed by atoms with van der Waals surface area (Å²) in [4.78, 5) is 12.9. The van der Waals surface area contributed by atoms with Gasteiger partial charge in [0.2, 0.25) is 5.60 Å². The van der Waals surface area contributed by atoms with Crippen LogP contribution in [-0.4, -0.2) is 23.3 Å². The molecule has 2 unspecified atom stereocenters. The number of aliphatic hydroxyl groups is 1. The average molecular weight is 463 g/mol. The maximum Gasteiger partial charge on any atom is 0.353 e. The SMILES string of the molecule is CCOC(=O)C(C)(Oc1ccc(C(C)(C)C)cc1)C(O)c1ccc(OCc2ccccc2)cc1. The third-order valence-electron chi connectivity index (χ3n) is 5.70. The summed E-state index contributed by atoms with van der Waals surface area (Å²) < 4.78 is 17.2. The maximum absolute atomic E-state index is 12.9. The molecule has 0 heterocycles. The van der Waals surface area contributed by atoms with Crippen LogP contribution in [0.5, 0.6) is 11.5 Å². The van der Waals surface area contributed by atoms with Crippen LogP contribution in [0.3, 0.4) is 0 Å². The van der Waals surface area contributed by atoms with Crippen molar-refractivity contribution in [1.29, 1.82) is 0 Å². The molecule has 3 rings (SSSR count). The van der Waals surface area contributed by atoms with Gasteiger partial charge in [0.1, 0.15) is 24.2 Å². The normalized spacial score (nSPS) is 14.1. The fourth-order valence-electron chi connectivity index (χ4n) is 3.56. The number of carbonyl (C=O) groups is 1. The van der Waals surface area contributed by atoms with Gasteiger partial charge < -0.3 is 19.3 Å². The van der Waals surface area contributed by atoms with Gasteiger partial charge in [0.15, 0.2) is 0 Å². The van der Waals surface area contributed by atoms with Crippen molar-refractivity contribution in [3.05, 3.63) is 95.6 Å². The Bertz CT molecular complexity index is 1050. The molecule has 3 aromatic carbocycles. The van der Waals surface area contributed by atoms with Crippen LogP contribution in [0.1, 0.15) is 57.4 Å². The van der Waals surface area contributed by atoms with Gasteiger partial charge in [0.25, 0.3) is 0 Å². The lowest BCUT2D eigenvalue weighted by molar-refractivity contribution is -0.171. The summed E-state index contributed by atoms with van der Waals surface area (Å²) in [6.07, 6.45) is -1.25. The van der Waals surface area contributed by atoms with Gasteiger partial charge in [-0.05, 0) is 60.2 Å². The second-order valence-electron chi connectivity index (χ2n) is 9.45. The van der Waals surface area contributed by atoms with E-state index in [1.165, 1.54) is 0 Å². The maximum atomic E-state index is 12.9. The van der Waals surface area contributed by atoms with E-state index in [-0.39, 0.29) is 12.0 Å². The summed E-state index contributed by atoms with van der Waals surface area (Å²) in [5.41, 5.74) is 1.09. The number of ether oxygens (including phenoxy) is 3. The quantitative estimate of drug-likeness (QED) is 0.395. The molecule has 2 atom stereocenters. The van der Waals surface area contributed by atoms with Gasteiger partial charge in [-0.3, -0.25) is 0 Å². The van der Waals surface area contributed by atoms with Gasteiger partial charge in [-0.15, -0.1) is 0 Å². The van der Waals surface area contributed by atoms with Crippen LogP contribution in [0.15, 0.2) is 78.9 Å². The van der Waals surface area contributed by atoms with Crippen LogP contribution >= 0.6 is 0 Å². The van der Waals surface area contributed by atoms with E-state index in [1.807, 2.05) is 54.6 Å². The number of hydrogen-bond acceptors (Lipinski definition) is 5. The van der Waals surface area contributed by atoms with E-state index in [0.29, 0.717) is 23.7 Å². The Morgan fingerprint density at radius 3 is 2.00 bits per heavy atom. The van der Waals surface area contributed by atoms with E-state index in [9.17, 15) is 9.90 Å². The first-order valence-corrected chi connectivity index (χ1v) is 11.5. The molecule has 3 aromatic rings. The molecular weight excluding hydrogens is 428 g/mol.